The van der Waals surface area contributed by atoms with Crippen LogP contribution in [-0.2, 0) is 16.0 Å². The molecule has 0 saturated carbocycles. The van der Waals surface area contributed by atoms with Gasteiger partial charge in [-0.05, 0) is 37.0 Å². The molecular formula is C17H19FN2O5. The maximum atomic E-state index is 13.5. The number of amides is 2. The van der Waals surface area contributed by atoms with Crippen molar-refractivity contribution in [1.29, 1.82) is 0 Å². The van der Waals surface area contributed by atoms with Crippen LogP contribution in [0, 0.1) is 11.2 Å². The summed E-state index contributed by atoms with van der Waals surface area (Å²) in [6.45, 7) is 0.784. The van der Waals surface area contributed by atoms with E-state index in [0.717, 1.165) is 5.56 Å². The maximum absolute atomic E-state index is 13.5. The van der Waals surface area contributed by atoms with E-state index in [0.29, 0.717) is 18.7 Å². The molecule has 0 aliphatic carbocycles. The van der Waals surface area contributed by atoms with Gasteiger partial charge in [-0.15, -0.1) is 0 Å². The molecule has 7 nitrogen and oxygen atoms in total. The van der Waals surface area contributed by atoms with Gasteiger partial charge in [-0.25, -0.2) is 9.18 Å². The fourth-order valence-corrected chi connectivity index (χ4v) is 3.60. The molecule has 2 aliphatic heterocycles. The number of piperidine rings is 1. The third-order valence-corrected chi connectivity index (χ3v) is 5.11. The van der Waals surface area contributed by atoms with Gasteiger partial charge >= 0.3 is 18.0 Å². The Morgan fingerprint density at radius 2 is 1.80 bits per heavy atom. The fourth-order valence-electron chi connectivity index (χ4n) is 3.60. The molecule has 8 heteroatoms. The molecule has 134 valence electrons. The van der Waals surface area contributed by atoms with Crippen LogP contribution < -0.4 is 4.90 Å². The smallest absolute Gasteiger partial charge is 0.324 e. The number of aliphatic carboxylic acids is 2. The molecule has 1 saturated heterocycles. The first kappa shape index (κ1) is 17.2. The van der Waals surface area contributed by atoms with Crippen molar-refractivity contribution in [1.82, 2.24) is 4.90 Å². The van der Waals surface area contributed by atoms with Crippen LogP contribution in [0.4, 0.5) is 14.9 Å². The third-order valence-electron chi connectivity index (χ3n) is 5.11. The summed E-state index contributed by atoms with van der Waals surface area (Å²) in [7, 11) is 0. The molecule has 1 fully saturated rings. The third kappa shape index (κ3) is 3.16. The summed E-state index contributed by atoms with van der Waals surface area (Å²) in [4.78, 5) is 38.3. The monoisotopic (exact) mass is 350 g/mol. The summed E-state index contributed by atoms with van der Waals surface area (Å²) in [5, 5.41) is 18.4. The van der Waals surface area contributed by atoms with Crippen LogP contribution in [-0.4, -0.2) is 52.7 Å². The van der Waals surface area contributed by atoms with Crippen molar-refractivity contribution in [2.75, 3.05) is 24.5 Å². The minimum atomic E-state index is -1.34. The van der Waals surface area contributed by atoms with Crippen molar-refractivity contribution < 1.29 is 29.0 Å². The van der Waals surface area contributed by atoms with Gasteiger partial charge in [-0.3, -0.25) is 14.5 Å². The van der Waals surface area contributed by atoms with Crippen LogP contribution in [0.3, 0.4) is 0 Å². The second kappa shape index (κ2) is 6.34. The number of carbonyl (C=O) groups excluding carboxylic acids is 1. The number of carbonyl (C=O) groups is 3. The quantitative estimate of drug-likeness (QED) is 0.868. The zero-order valence-electron chi connectivity index (χ0n) is 13.6. The number of fused-ring (bicyclic) bond motifs is 1. The van der Waals surface area contributed by atoms with Gasteiger partial charge in [0.1, 0.15) is 5.82 Å². The predicted molar refractivity (Wildman–Crippen MR) is 86.0 cm³/mol. The lowest BCUT2D eigenvalue weighted by Gasteiger charge is -2.39. The van der Waals surface area contributed by atoms with Crippen LogP contribution in [0.1, 0.15) is 24.8 Å². The Balaban J connectivity index is 1.72. The van der Waals surface area contributed by atoms with E-state index in [1.165, 1.54) is 21.9 Å². The number of rotatable bonds is 3. The Hall–Kier alpha value is -2.64. The molecular weight excluding hydrogens is 331 g/mol. The molecule has 0 unspecified atom stereocenters. The molecule has 1 aromatic carbocycles. The van der Waals surface area contributed by atoms with Crippen LogP contribution in [0.25, 0.3) is 0 Å². The van der Waals surface area contributed by atoms with E-state index in [4.69, 9.17) is 5.11 Å². The number of nitrogens with zero attached hydrogens (tertiary/aromatic N) is 2. The van der Waals surface area contributed by atoms with E-state index in [1.807, 2.05) is 0 Å². The topological polar surface area (TPSA) is 98.1 Å². The minimum Gasteiger partial charge on any atom is -0.481 e. The van der Waals surface area contributed by atoms with Crippen molar-refractivity contribution in [2.24, 2.45) is 5.41 Å². The summed E-state index contributed by atoms with van der Waals surface area (Å²) in [5.74, 6) is -2.72. The second-order valence-corrected chi connectivity index (χ2v) is 6.60. The van der Waals surface area contributed by atoms with Crippen LogP contribution in [0.15, 0.2) is 18.2 Å². The molecule has 0 atom stereocenters. The van der Waals surface area contributed by atoms with Gasteiger partial charge in [0.05, 0.1) is 17.5 Å². The van der Waals surface area contributed by atoms with E-state index in [-0.39, 0.29) is 32.0 Å². The number of anilines is 1. The summed E-state index contributed by atoms with van der Waals surface area (Å²) in [6, 6.07) is 4.06. The van der Waals surface area contributed by atoms with Crippen molar-refractivity contribution in [3.8, 4) is 0 Å². The number of benzene rings is 1. The SMILES string of the molecule is O=C(O)CC1(C(=O)O)CCN(C(=O)N2CCc3ccc(F)cc32)CC1. The van der Waals surface area contributed by atoms with Gasteiger partial charge in [-0.2, -0.15) is 0 Å². The molecule has 3 rings (SSSR count). The Bertz CT molecular complexity index is 728. The standard InChI is InChI=1S/C17H19FN2O5/c18-12-2-1-11-3-6-20(13(11)9-12)16(25)19-7-4-17(5-8-19,15(23)24)10-14(21)22/h1-2,9H,3-8,10H2,(H,21,22)(H,23,24). The van der Waals surface area contributed by atoms with E-state index in [2.05, 4.69) is 0 Å². The first-order chi connectivity index (χ1) is 11.8. The van der Waals surface area contributed by atoms with Gasteiger partial charge in [0.15, 0.2) is 0 Å². The normalized spacial score (nSPS) is 18.8. The number of carboxylic acids is 2. The Labute approximate surface area is 143 Å². The average molecular weight is 350 g/mol. The van der Waals surface area contributed by atoms with Crippen molar-refractivity contribution in [3.63, 3.8) is 0 Å². The van der Waals surface area contributed by atoms with E-state index in [9.17, 15) is 23.9 Å². The molecule has 2 N–H and O–H groups in total. The summed E-state index contributed by atoms with van der Waals surface area (Å²) in [6.07, 6.45) is 0.365. The second-order valence-electron chi connectivity index (χ2n) is 6.60. The minimum absolute atomic E-state index is 0.0875. The van der Waals surface area contributed by atoms with Crippen molar-refractivity contribution in [3.05, 3.63) is 29.6 Å². The largest absolute Gasteiger partial charge is 0.481 e. The zero-order valence-corrected chi connectivity index (χ0v) is 13.6. The molecule has 1 aromatic rings. The number of hydrogen-bond donors (Lipinski definition) is 2. The van der Waals surface area contributed by atoms with Gasteiger partial charge in [0.25, 0.3) is 0 Å². The average Bonchev–Trinajstić information content (AvgIpc) is 2.97. The highest BCUT2D eigenvalue weighted by atomic mass is 19.1. The molecule has 2 heterocycles. The number of halogens is 1. The lowest BCUT2D eigenvalue weighted by molar-refractivity contribution is -0.158. The summed E-state index contributed by atoms with van der Waals surface area (Å²) < 4.78 is 13.5. The van der Waals surface area contributed by atoms with Gasteiger partial charge in [0, 0.05) is 19.6 Å². The first-order valence-corrected chi connectivity index (χ1v) is 8.12. The first-order valence-electron chi connectivity index (χ1n) is 8.12. The highest BCUT2D eigenvalue weighted by Crippen LogP contribution is 2.37. The Morgan fingerprint density at radius 1 is 1.12 bits per heavy atom. The van der Waals surface area contributed by atoms with Crippen molar-refractivity contribution >= 4 is 23.7 Å². The van der Waals surface area contributed by atoms with Crippen LogP contribution >= 0.6 is 0 Å². The number of hydrogen-bond acceptors (Lipinski definition) is 3. The van der Waals surface area contributed by atoms with E-state index < -0.39 is 29.6 Å². The Morgan fingerprint density at radius 3 is 2.40 bits per heavy atom. The molecule has 0 spiro atoms. The summed E-state index contributed by atoms with van der Waals surface area (Å²) in [5.41, 5.74) is 0.112. The maximum Gasteiger partial charge on any atom is 0.324 e. The molecule has 2 aliphatic rings. The molecule has 0 radical (unpaired) electrons. The van der Waals surface area contributed by atoms with Gasteiger partial charge < -0.3 is 15.1 Å². The fraction of sp³-hybridized carbons (Fsp3) is 0.471. The number of urea groups is 1. The zero-order chi connectivity index (χ0) is 18.2. The highest BCUT2D eigenvalue weighted by molar-refractivity contribution is 5.94. The predicted octanol–water partition coefficient (Wildman–Crippen LogP) is 1.95. The summed E-state index contributed by atoms with van der Waals surface area (Å²) >= 11 is 0. The number of carboxylic acid groups (broad SMARTS) is 2. The van der Waals surface area contributed by atoms with Crippen molar-refractivity contribution in [2.45, 2.75) is 25.7 Å². The lowest BCUT2D eigenvalue weighted by atomic mass is 9.76. The van der Waals surface area contributed by atoms with Crippen LogP contribution in [0.2, 0.25) is 0 Å². The molecule has 2 amide bonds. The van der Waals surface area contributed by atoms with Gasteiger partial charge in [-0.1, -0.05) is 6.07 Å². The van der Waals surface area contributed by atoms with Crippen LogP contribution in [0.5, 0.6) is 0 Å². The highest BCUT2D eigenvalue weighted by Gasteiger charge is 2.45. The molecule has 0 bridgehead atoms. The molecule has 25 heavy (non-hydrogen) atoms. The lowest BCUT2D eigenvalue weighted by Crippen LogP contribution is -2.51. The number of likely N-dealkylation sites (tertiary alicyclic amines) is 1. The molecule has 0 aromatic heterocycles. The van der Waals surface area contributed by atoms with Gasteiger partial charge in [0.2, 0.25) is 0 Å². The Kier molecular flexibility index (Phi) is 4.36. The van der Waals surface area contributed by atoms with E-state index >= 15 is 0 Å². The van der Waals surface area contributed by atoms with E-state index in [1.54, 1.807) is 6.07 Å².